The number of hydrogen-bond donors (Lipinski definition) is 2. The van der Waals surface area contributed by atoms with E-state index in [9.17, 15) is 14.4 Å². The summed E-state index contributed by atoms with van der Waals surface area (Å²) in [6.45, 7) is 0. The number of amides is 2. The van der Waals surface area contributed by atoms with Crippen molar-refractivity contribution in [2.24, 2.45) is 0 Å². The lowest BCUT2D eigenvalue weighted by atomic mass is 10.1. The van der Waals surface area contributed by atoms with E-state index in [1.807, 2.05) is 0 Å². The van der Waals surface area contributed by atoms with Crippen LogP contribution in [0.15, 0.2) is 36.0 Å². The number of thioether (sulfide) groups is 1. The maximum Gasteiger partial charge on any atom is 0.333 e. The van der Waals surface area contributed by atoms with Crippen LogP contribution in [-0.2, 0) is 9.59 Å². The molecule has 0 bridgehead atoms. The minimum atomic E-state index is -1.03. The third kappa shape index (κ3) is 2.77. The number of nitrogens with one attached hydrogen (secondary N) is 1. The molecule has 0 spiro atoms. The number of ether oxygens (including phenoxy) is 1. The van der Waals surface area contributed by atoms with Crippen LogP contribution in [0.1, 0.15) is 10.4 Å². The molecule has 1 saturated heterocycles. The van der Waals surface area contributed by atoms with Gasteiger partial charge in [-0.3, -0.25) is 9.59 Å². The molecule has 2 N–H and O–H groups in total. The molecule has 0 aliphatic carbocycles. The number of nitrogens with zero attached hydrogens (tertiary/aromatic N) is 1. The quantitative estimate of drug-likeness (QED) is 0.786. The van der Waals surface area contributed by atoms with Crippen molar-refractivity contribution >= 4 is 29.5 Å². The van der Waals surface area contributed by atoms with Crippen molar-refractivity contribution < 1.29 is 24.2 Å². The summed E-state index contributed by atoms with van der Waals surface area (Å²) < 4.78 is 5.07. The number of rotatable bonds is 4. The van der Waals surface area contributed by atoms with Crippen molar-refractivity contribution in [3.63, 3.8) is 0 Å². The van der Waals surface area contributed by atoms with Gasteiger partial charge in [-0.25, -0.2) is 4.79 Å². The molecule has 23 heavy (non-hydrogen) atoms. The van der Waals surface area contributed by atoms with Crippen molar-refractivity contribution in [3.8, 4) is 5.75 Å². The lowest BCUT2D eigenvalue weighted by molar-refractivity contribution is -0.141. The summed E-state index contributed by atoms with van der Waals surface area (Å²) in [5.41, 5.74) is 0.579. The molecule has 2 heterocycles. The van der Waals surface area contributed by atoms with E-state index < -0.39 is 12.0 Å². The number of aliphatic carboxylic acids is 1. The van der Waals surface area contributed by atoms with E-state index in [1.165, 1.54) is 30.0 Å². The second-order valence-corrected chi connectivity index (χ2v) is 6.19. The smallest absolute Gasteiger partial charge is 0.333 e. The third-order valence-corrected chi connectivity index (χ3v) is 5.00. The van der Waals surface area contributed by atoms with Crippen LogP contribution in [0.2, 0.25) is 0 Å². The number of methoxy groups -OCH3 is 1. The van der Waals surface area contributed by atoms with Crippen LogP contribution in [0.5, 0.6) is 5.75 Å². The first kappa shape index (κ1) is 15.4. The van der Waals surface area contributed by atoms with Crippen molar-refractivity contribution in [1.82, 2.24) is 10.2 Å². The molecule has 1 unspecified atom stereocenters. The van der Waals surface area contributed by atoms with Crippen molar-refractivity contribution in [2.45, 2.75) is 11.4 Å². The van der Waals surface area contributed by atoms with E-state index in [4.69, 9.17) is 9.84 Å². The lowest BCUT2D eigenvalue weighted by Crippen LogP contribution is -2.68. The van der Waals surface area contributed by atoms with E-state index in [-0.39, 0.29) is 22.8 Å². The molecule has 0 saturated carbocycles. The minimum Gasteiger partial charge on any atom is -0.497 e. The summed E-state index contributed by atoms with van der Waals surface area (Å²) >= 11 is 1.32. The van der Waals surface area contributed by atoms with Gasteiger partial charge >= 0.3 is 5.97 Å². The van der Waals surface area contributed by atoms with Crippen molar-refractivity contribution in [1.29, 1.82) is 0 Å². The van der Waals surface area contributed by atoms with Gasteiger partial charge < -0.3 is 20.1 Å². The molecule has 0 aromatic heterocycles. The topological polar surface area (TPSA) is 95.9 Å². The van der Waals surface area contributed by atoms with E-state index in [0.29, 0.717) is 17.1 Å². The Balaban J connectivity index is 1.69. The molecule has 120 valence electrons. The van der Waals surface area contributed by atoms with Crippen LogP contribution in [0.3, 0.4) is 0 Å². The van der Waals surface area contributed by atoms with Crippen LogP contribution in [0, 0.1) is 0 Å². The largest absolute Gasteiger partial charge is 0.497 e. The van der Waals surface area contributed by atoms with Crippen LogP contribution < -0.4 is 10.1 Å². The predicted molar refractivity (Wildman–Crippen MR) is 83.1 cm³/mol. The minimum absolute atomic E-state index is 0.178. The van der Waals surface area contributed by atoms with Gasteiger partial charge in [0.2, 0.25) is 0 Å². The van der Waals surface area contributed by atoms with Crippen LogP contribution in [-0.4, -0.2) is 52.1 Å². The number of β-lactam (4-membered cyclic amide) rings is 1. The van der Waals surface area contributed by atoms with E-state index >= 15 is 0 Å². The highest BCUT2D eigenvalue weighted by molar-refractivity contribution is 8.00. The zero-order valence-electron chi connectivity index (χ0n) is 12.2. The third-order valence-electron chi connectivity index (χ3n) is 3.68. The van der Waals surface area contributed by atoms with Gasteiger partial charge in [-0.2, -0.15) is 0 Å². The highest BCUT2D eigenvalue weighted by Gasteiger charge is 2.50. The summed E-state index contributed by atoms with van der Waals surface area (Å²) in [7, 11) is 1.51. The highest BCUT2D eigenvalue weighted by atomic mass is 32.2. The fourth-order valence-corrected chi connectivity index (χ4v) is 3.67. The number of carbonyl (C=O) groups excluding carboxylic acids is 2. The fourth-order valence-electron chi connectivity index (χ4n) is 2.42. The van der Waals surface area contributed by atoms with Gasteiger partial charge in [0.15, 0.2) is 0 Å². The summed E-state index contributed by atoms with van der Waals surface area (Å²) in [6, 6.07) is 5.99. The molecule has 3 rings (SSSR count). The van der Waals surface area contributed by atoms with Gasteiger partial charge in [0.05, 0.1) is 12.7 Å². The molecule has 2 aliphatic rings. The van der Waals surface area contributed by atoms with Gasteiger partial charge in [-0.1, -0.05) is 6.07 Å². The molecule has 0 radical (unpaired) electrons. The molecule has 1 fully saturated rings. The maximum absolute atomic E-state index is 12.3. The van der Waals surface area contributed by atoms with E-state index in [2.05, 4.69) is 5.32 Å². The molecule has 2 atom stereocenters. The Labute approximate surface area is 136 Å². The Kier molecular flexibility index (Phi) is 3.99. The zero-order valence-corrected chi connectivity index (χ0v) is 13.0. The fraction of sp³-hybridized carbons (Fsp3) is 0.267. The normalized spacial score (nSPS) is 22.6. The number of benzene rings is 1. The maximum atomic E-state index is 12.3. The number of fused-ring (bicyclic) bond motifs is 1. The van der Waals surface area contributed by atoms with Crippen LogP contribution >= 0.6 is 11.8 Å². The molecule has 7 nitrogen and oxygen atoms in total. The van der Waals surface area contributed by atoms with Crippen molar-refractivity contribution in [2.75, 3.05) is 12.9 Å². The van der Waals surface area contributed by atoms with Gasteiger partial charge in [0.25, 0.3) is 11.8 Å². The second kappa shape index (κ2) is 5.96. The molecule has 1 aromatic carbocycles. The summed E-state index contributed by atoms with van der Waals surface area (Å²) in [6.07, 6.45) is 1.35. The van der Waals surface area contributed by atoms with Gasteiger partial charge in [-0.15, -0.1) is 11.8 Å². The van der Waals surface area contributed by atoms with Gasteiger partial charge in [0, 0.05) is 17.5 Å². The molecule has 2 amide bonds. The summed E-state index contributed by atoms with van der Waals surface area (Å²) in [5.74, 6) is -0.851. The monoisotopic (exact) mass is 334 g/mol. The Morgan fingerprint density at radius 2 is 2.22 bits per heavy atom. The number of hydrogen-bond acceptors (Lipinski definition) is 5. The predicted octanol–water partition coefficient (Wildman–Crippen LogP) is 0.677. The second-order valence-electron chi connectivity index (χ2n) is 5.09. The first-order valence-corrected chi connectivity index (χ1v) is 7.89. The molecule has 2 aliphatic heterocycles. The Morgan fingerprint density at radius 1 is 1.43 bits per heavy atom. The lowest BCUT2D eigenvalue weighted by Gasteiger charge is -2.47. The number of carbonyl (C=O) groups is 3. The average molecular weight is 334 g/mol. The molecule has 8 heteroatoms. The van der Waals surface area contributed by atoms with E-state index in [1.54, 1.807) is 24.3 Å². The Hall–Kier alpha value is -2.48. The zero-order chi connectivity index (χ0) is 16.6. The average Bonchev–Trinajstić information content (AvgIpc) is 2.58. The Morgan fingerprint density at radius 3 is 2.91 bits per heavy atom. The van der Waals surface area contributed by atoms with Crippen molar-refractivity contribution in [3.05, 3.63) is 41.6 Å². The summed E-state index contributed by atoms with van der Waals surface area (Å²) in [4.78, 5) is 36.6. The standard InChI is InChI=1S/C15H14N2O5S/c1-22-10-4-2-3-8(5-10)12(18)16-11-13(19)17-6-9(15(20)21)7-23-14(11)17/h2-6,11,14H,7H2,1H3,(H,16,18)(H,20,21)/t11?,14-/m1/s1. The number of carboxylic acids is 1. The molecular weight excluding hydrogens is 320 g/mol. The first-order chi connectivity index (χ1) is 11.0. The van der Waals surface area contributed by atoms with Gasteiger partial charge in [0.1, 0.15) is 17.2 Å². The van der Waals surface area contributed by atoms with Crippen LogP contribution in [0.4, 0.5) is 0 Å². The molecular formula is C15H14N2O5S. The summed E-state index contributed by atoms with van der Waals surface area (Å²) in [5, 5.41) is 11.4. The Bertz CT molecular complexity index is 718. The first-order valence-electron chi connectivity index (χ1n) is 6.84. The van der Waals surface area contributed by atoms with Crippen LogP contribution in [0.25, 0.3) is 0 Å². The van der Waals surface area contributed by atoms with E-state index in [0.717, 1.165) is 0 Å². The molecule has 1 aromatic rings. The SMILES string of the molecule is COc1cccc(C(=O)NC2C(=O)N3C=C(C(=O)O)CS[C@H]23)c1. The van der Waals surface area contributed by atoms with Gasteiger partial charge in [-0.05, 0) is 18.2 Å². The highest BCUT2D eigenvalue weighted by Crippen LogP contribution is 2.36. The number of carboxylic acid groups (broad SMARTS) is 1.